The zero-order valence-electron chi connectivity index (χ0n) is 11.1. The molecule has 0 aliphatic rings. The van der Waals surface area contributed by atoms with Gasteiger partial charge >= 0.3 is 12.0 Å². The van der Waals surface area contributed by atoms with Gasteiger partial charge in [-0.1, -0.05) is 0 Å². The molecule has 0 radical (unpaired) electrons. The van der Waals surface area contributed by atoms with Gasteiger partial charge in [-0.15, -0.1) is 11.3 Å². The van der Waals surface area contributed by atoms with Crippen molar-refractivity contribution >= 4 is 29.2 Å². The van der Waals surface area contributed by atoms with Crippen LogP contribution < -0.4 is 11.1 Å². The quantitative estimate of drug-likeness (QED) is 0.677. The molecule has 0 saturated heterocycles. The molecule has 0 spiro atoms. The van der Waals surface area contributed by atoms with Gasteiger partial charge < -0.3 is 21.1 Å². The van der Waals surface area contributed by atoms with Gasteiger partial charge in [-0.25, -0.2) is 14.6 Å². The molecule has 4 N–H and O–H groups in total. The summed E-state index contributed by atoms with van der Waals surface area (Å²) in [5.41, 5.74) is 7.43. The SMILES string of the molecule is Cc1ncsc1CN(C)C(=O)NC(CC(N)=O)C(=O)O. The van der Waals surface area contributed by atoms with Gasteiger partial charge in [0, 0.05) is 11.9 Å². The second-order valence-electron chi connectivity index (χ2n) is 4.23. The summed E-state index contributed by atoms with van der Waals surface area (Å²) in [6, 6.07) is -1.92. The predicted molar refractivity (Wildman–Crippen MR) is 72.1 cm³/mol. The third kappa shape index (κ3) is 4.50. The first-order chi connectivity index (χ1) is 9.31. The van der Waals surface area contributed by atoms with Gasteiger partial charge in [0.25, 0.3) is 0 Å². The summed E-state index contributed by atoms with van der Waals surface area (Å²) < 4.78 is 0. The van der Waals surface area contributed by atoms with E-state index in [1.165, 1.54) is 23.3 Å². The third-order valence-electron chi connectivity index (χ3n) is 2.57. The van der Waals surface area contributed by atoms with Crippen molar-refractivity contribution < 1.29 is 19.5 Å². The van der Waals surface area contributed by atoms with E-state index in [9.17, 15) is 14.4 Å². The number of nitrogens with one attached hydrogen (secondary N) is 1. The Morgan fingerprint density at radius 3 is 2.65 bits per heavy atom. The first-order valence-electron chi connectivity index (χ1n) is 5.73. The number of amides is 3. The zero-order chi connectivity index (χ0) is 15.3. The van der Waals surface area contributed by atoms with Gasteiger partial charge in [0.15, 0.2) is 0 Å². The molecule has 1 heterocycles. The van der Waals surface area contributed by atoms with Crippen LogP contribution in [-0.2, 0) is 16.1 Å². The number of urea groups is 1. The fourth-order valence-electron chi connectivity index (χ4n) is 1.43. The van der Waals surface area contributed by atoms with E-state index in [0.717, 1.165) is 10.6 Å². The van der Waals surface area contributed by atoms with E-state index in [2.05, 4.69) is 10.3 Å². The van der Waals surface area contributed by atoms with Gasteiger partial charge in [0.05, 0.1) is 24.2 Å². The fourth-order valence-corrected chi connectivity index (χ4v) is 2.26. The fraction of sp³-hybridized carbons (Fsp3) is 0.455. The van der Waals surface area contributed by atoms with Crippen molar-refractivity contribution in [2.45, 2.75) is 25.9 Å². The second-order valence-corrected chi connectivity index (χ2v) is 5.17. The Bertz CT molecular complexity index is 516. The normalized spacial score (nSPS) is 11.7. The molecule has 0 fully saturated rings. The monoisotopic (exact) mass is 300 g/mol. The van der Waals surface area contributed by atoms with Crippen molar-refractivity contribution in [3.8, 4) is 0 Å². The third-order valence-corrected chi connectivity index (χ3v) is 3.49. The molecule has 1 rings (SSSR count). The van der Waals surface area contributed by atoms with E-state index < -0.39 is 30.4 Å². The molecular formula is C11H16N4O4S. The highest BCUT2D eigenvalue weighted by Crippen LogP contribution is 2.14. The Labute approximate surface area is 119 Å². The van der Waals surface area contributed by atoms with Crippen molar-refractivity contribution in [1.29, 1.82) is 0 Å². The van der Waals surface area contributed by atoms with Gasteiger partial charge in [-0.2, -0.15) is 0 Å². The largest absolute Gasteiger partial charge is 0.480 e. The maximum Gasteiger partial charge on any atom is 0.326 e. The minimum absolute atomic E-state index is 0.311. The van der Waals surface area contributed by atoms with Crippen LogP contribution in [0.25, 0.3) is 0 Å². The molecule has 110 valence electrons. The maximum atomic E-state index is 11.9. The Kier molecular flexibility index (Phi) is 5.44. The highest BCUT2D eigenvalue weighted by atomic mass is 32.1. The number of thiazole rings is 1. The Hall–Kier alpha value is -2.16. The highest BCUT2D eigenvalue weighted by molar-refractivity contribution is 7.09. The van der Waals surface area contributed by atoms with Crippen LogP contribution in [-0.4, -0.2) is 46.0 Å². The number of carbonyl (C=O) groups excluding carboxylic acids is 2. The number of hydrogen-bond donors (Lipinski definition) is 3. The van der Waals surface area contributed by atoms with Crippen molar-refractivity contribution in [3.63, 3.8) is 0 Å². The summed E-state index contributed by atoms with van der Waals surface area (Å²) in [5, 5.41) is 11.2. The van der Waals surface area contributed by atoms with Crippen molar-refractivity contribution in [3.05, 3.63) is 16.1 Å². The molecule has 0 aromatic carbocycles. The van der Waals surface area contributed by atoms with E-state index in [-0.39, 0.29) is 0 Å². The molecule has 0 aliphatic heterocycles. The Balaban J connectivity index is 2.62. The van der Waals surface area contributed by atoms with E-state index in [1.54, 1.807) is 5.51 Å². The molecule has 0 bridgehead atoms. The van der Waals surface area contributed by atoms with E-state index in [0.29, 0.717) is 6.54 Å². The van der Waals surface area contributed by atoms with Crippen molar-refractivity contribution in [1.82, 2.24) is 15.2 Å². The number of rotatable bonds is 6. The zero-order valence-corrected chi connectivity index (χ0v) is 11.9. The number of nitrogens with zero attached hydrogens (tertiary/aromatic N) is 2. The van der Waals surface area contributed by atoms with Crippen LogP contribution in [0.3, 0.4) is 0 Å². The van der Waals surface area contributed by atoms with Crippen LogP contribution >= 0.6 is 11.3 Å². The predicted octanol–water partition coefficient (Wildman–Crippen LogP) is -0.0785. The van der Waals surface area contributed by atoms with Gasteiger partial charge in [0.2, 0.25) is 5.91 Å². The van der Waals surface area contributed by atoms with Gasteiger partial charge in [0.1, 0.15) is 6.04 Å². The molecule has 0 aliphatic carbocycles. The van der Waals surface area contributed by atoms with Crippen LogP contribution in [0, 0.1) is 6.92 Å². The average molecular weight is 300 g/mol. The summed E-state index contributed by atoms with van der Waals surface area (Å²) >= 11 is 1.41. The number of aliphatic carboxylic acids is 1. The molecule has 8 nitrogen and oxygen atoms in total. The molecule has 1 aromatic rings. The summed E-state index contributed by atoms with van der Waals surface area (Å²) in [6.07, 6.45) is -0.450. The number of carboxylic acids is 1. The molecular weight excluding hydrogens is 284 g/mol. The summed E-state index contributed by atoms with van der Waals surface area (Å²) in [5.74, 6) is -2.10. The number of aryl methyl sites for hydroxylation is 1. The van der Waals surface area contributed by atoms with Crippen molar-refractivity contribution in [2.75, 3.05) is 7.05 Å². The topological polar surface area (TPSA) is 126 Å². The highest BCUT2D eigenvalue weighted by Gasteiger charge is 2.24. The Morgan fingerprint density at radius 1 is 1.55 bits per heavy atom. The second kappa shape index (κ2) is 6.85. The lowest BCUT2D eigenvalue weighted by atomic mass is 10.2. The number of nitrogens with two attached hydrogens (primary N) is 1. The molecule has 1 aromatic heterocycles. The standard InChI is InChI=1S/C11H16N4O4S/c1-6-8(20-5-13-6)4-15(2)11(19)14-7(10(17)18)3-9(12)16/h5,7H,3-4H2,1-2H3,(H2,12,16)(H,14,19)(H,17,18). The number of primary amides is 1. The first kappa shape index (κ1) is 15.9. The molecule has 1 unspecified atom stereocenters. The van der Waals surface area contributed by atoms with Crippen LogP contribution in [0.2, 0.25) is 0 Å². The van der Waals surface area contributed by atoms with Crippen molar-refractivity contribution in [2.24, 2.45) is 5.73 Å². The summed E-state index contributed by atoms with van der Waals surface area (Å²) in [4.78, 5) is 39.8. The molecule has 3 amide bonds. The van der Waals surface area contributed by atoms with E-state index >= 15 is 0 Å². The van der Waals surface area contributed by atoms with Gasteiger partial charge in [-0.05, 0) is 6.92 Å². The lowest BCUT2D eigenvalue weighted by Crippen LogP contribution is -2.47. The molecule has 0 saturated carbocycles. The average Bonchev–Trinajstić information content (AvgIpc) is 2.73. The van der Waals surface area contributed by atoms with E-state index in [4.69, 9.17) is 10.8 Å². The smallest absolute Gasteiger partial charge is 0.326 e. The van der Waals surface area contributed by atoms with Crippen LogP contribution in [0.15, 0.2) is 5.51 Å². The minimum atomic E-state index is -1.33. The number of carbonyl (C=O) groups is 3. The Morgan fingerprint density at radius 2 is 2.20 bits per heavy atom. The van der Waals surface area contributed by atoms with Crippen LogP contribution in [0.1, 0.15) is 17.0 Å². The number of carboxylic acid groups (broad SMARTS) is 1. The van der Waals surface area contributed by atoms with Gasteiger partial charge in [-0.3, -0.25) is 4.79 Å². The minimum Gasteiger partial charge on any atom is -0.480 e. The first-order valence-corrected chi connectivity index (χ1v) is 6.61. The van der Waals surface area contributed by atoms with Crippen LogP contribution in [0.4, 0.5) is 4.79 Å². The number of aromatic nitrogens is 1. The summed E-state index contributed by atoms with van der Waals surface area (Å²) in [7, 11) is 1.53. The number of hydrogen-bond acceptors (Lipinski definition) is 5. The van der Waals surface area contributed by atoms with Crippen LogP contribution in [0.5, 0.6) is 0 Å². The molecule has 9 heteroatoms. The molecule has 20 heavy (non-hydrogen) atoms. The lowest BCUT2D eigenvalue weighted by Gasteiger charge is -2.20. The van der Waals surface area contributed by atoms with E-state index in [1.807, 2.05) is 6.92 Å². The summed E-state index contributed by atoms with van der Waals surface area (Å²) in [6.45, 7) is 2.13. The maximum absolute atomic E-state index is 11.9. The lowest BCUT2D eigenvalue weighted by molar-refractivity contribution is -0.140. The molecule has 1 atom stereocenters.